The summed E-state index contributed by atoms with van der Waals surface area (Å²) in [5, 5.41) is 13.7. The second-order valence-corrected chi connectivity index (χ2v) is 14.2. The summed E-state index contributed by atoms with van der Waals surface area (Å²) in [6, 6.07) is 43.8. The van der Waals surface area contributed by atoms with Crippen molar-refractivity contribution >= 4 is 0 Å². The maximum absolute atomic E-state index is 13.3. The lowest BCUT2D eigenvalue weighted by Crippen LogP contribution is -2.28. The van der Waals surface area contributed by atoms with Crippen LogP contribution >= 0.6 is 0 Å². The number of ether oxygens (including phenoxy) is 1. The molecule has 2 N–H and O–H groups in total. The van der Waals surface area contributed by atoms with Crippen LogP contribution in [0.3, 0.4) is 0 Å². The first kappa shape index (κ1) is 42.3. The van der Waals surface area contributed by atoms with Crippen molar-refractivity contribution in [3.8, 4) is 22.3 Å². The first-order valence-electron chi connectivity index (χ1n) is 19.3. The molecule has 1 saturated heterocycles. The standard InChI is InChI=1S/C24H24F3NO.C16H14F3N.C8H8O/c1-2-28(17-23(29)20-8-4-3-5-9-20)16-18-12-14-19(15-13-18)21-10-6-7-11-22(21)24(25,26)27;17-16(18,19)15-4-2-1-3-14(15)12-5-6-13-10-20-8-7-11(13)9-12;1-2-4-7(5-3-1)8-6-9-8/h3-15,23,29H,2,16-17H2,1H3;1-6,9,20H,7-8,10H2;1-5,8H,6H2. The number of fused-ring (bicyclic) bond motifs is 1. The van der Waals surface area contributed by atoms with E-state index in [1.54, 1.807) is 30.3 Å². The molecule has 0 aromatic heterocycles. The van der Waals surface area contributed by atoms with Crippen LogP contribution in [0.15, 0.2) is 152 Å². The summed E-state index contributed by atoms with van der Waals surface area (Å²) in [6.45, 7) is 6.44. The van der Waals surface area contributed by atoms with E-state index in [2.05, 4.69) is 22.3 Å². The summed E-state index contributed by atoms with van der Waals surface area (Å²) in [5.74, 6) is 0. The van der Waals surface area contributed by atoms with Gasteiger partial charge in [-0.25, -0.2) is 0 Å². The second kappa shape index (κ2) is 19.5. The number of nitrogens with zero attached hydrogens (tertiary/aromatic N) is 1. The van der Waals surface area contributed by atoms with Gasteiger partial charge in [0.25, 0.3) is 0 Å². The number of aliphatic hydroxyl groups excluding tert-OH is 1. The summed E-state index contributed by atoms with van der Waals surface area (Å²) in [7, 11) is 0. The van der Waals surface area contributed by atoms with Crippen molar-refractivity contribution in [2.75, 3.05) is 26.2 Å². The van der Waals surface area contributed by atoms with Crippen LogP contribution in [0.1, 0.15) is 58.1 Å². The Balaban J connectivity index is 0.000000167. The Morgan fingerprint density at radius 3 is 1.78 bits per heavy atom. The van der Waals surface area contributed by atoms with Gasteiger partial charge in [-0.15, -0.1) is 0 Å². The van der Waals surface area contributed by atoms with Gasteiger partial charge in [0.2, 0.25) is 0 Å². The number of epoxide rings is 1. The summed E-state index contributed by atoms with van der Waals surface area (Å²) < 4.78 is 84.1. The Labute approximate surface area is 335 Å². The summed E-state index contributed by atoms with van der Waals surface area (Å²) in [4.78, 5) is 2.11. The molecule has 0 aliphatic carbocycles. The Kier molecular flexibility index (Phi) is 14.2. The number of benzene rings is 6. The van der Waals surface area contributed by atoms with E-state index < -0.39 is 29.6 Å². The molecule has 0 saturated carbocycles. The van der Waals surface area contributed by atoms with Gasteiger partial charge < -0.3 is 15.2 Å². The predicted octanol–water partition coefficient (Wildman–Crippen LogP) is 11.7. The van der Waals surface area contributed by atoms with E-state index in [1.165, 1.54) is 35.4 Å². The SMILES string of the molecule is CCN(Cc1ccc(-c2ccccc2C(F)(F)F)cc1)CC(O)c1ccccc1.FC(F)(F)c1ccccc1-c1ccc2c(c1)CCNC2.c1ccc(C2CO2)cc1. The molecular formula is C48H46F6N2O2. The number of likely N-dealkylation sites (N-methyl/N-ethyl adjacent to an activating group) is 1. The molecule has 10 heteroatoms. The molecule has 0 bridgehead atoms. The summed E-state index contributed by atoms with van der Waals surface area (Å²) in [5.41, 5.74) is 5.86. The molecular weight excluding hydrogens is 751 g/mol. The average Bonchev–Trinajstić information content (AvgIpc) is 4.10. The van der Waals surface area contributed by atoms with Gasteiger partial charge in [-0.2, -0.15) is 26.3 Å². The molecule has 58 heavy (non-hydrogen) atoms. The van der Waals surface area contributed by atoms with Crippen molar-refractivity contribution in [1.82, 2.24) is 10.2 Å². The van der Waals surface area contributed by atoms with E-state index in [0.717, 1.165) is 61.5 Å². The lowest BCUT2D eigenvalue weighted by molar-refractivity contribution is -0.137. The molecule has 0 radical (unpaired) electrons. The normalized spacial score (nSPS) is 15.3. The molecule has 0 spiro atoms. The van der Waals surface area contributed by atoms with Crippen LogP contribution in [0.2, 0.25) is 0 Å². The fraction of sp³-hybridized carbons (Fsp3) is 0.250. The molecule has 302 valence electrons. The molecule has 2 atom stereocenters. The molecule has 2 aliphatic rings. The molecule has 4 nitrogen and oxygen atoms in total. The lowest BCUT2D eigenvalue weighted by atomic mass is 9.93. The molecule has 2 heterocycles. The van der Waals surface area contributed by atoms with Gasteiger partial charge >= 0.3 is 12.4 Å². The topological polar surface area (TPSA) is 48.0 Å². The lowest BCUT2D eigenvalue weighted by Gasteiger charge is -2.24. The van der Waals surface area contributed by atoms with Gasteiger partial charge in [0, 0.05) is 19.6 Å². The van der Waals surface area contributed by atoms with Crippen molar-refractivity contribution in [2.24, 2.45) is 0 Å². The Bertz CT molecular complexity index is 2190. The number of aliphatic hydroxyl groups is 1. The Morgan fingerprint density at radius 1 is 0.672 bits per heavy atom. The van der Waals surface area contributed by atoms with Gasteiger partial charge in [-0.05, 0) is 81.7 Å². The quantitative estimate of drug-likeness (QED) is 0.113. The van der Waals surface area contributed by atoms with E-state index in [0.29, 0.717) is 30.3 Å². The predicted molar refractivity (Wildman–Crippen MR) is 217 cm³/mol. The summed E-state index contributed by atoms with van der Waals surface area (Å²) >= 11 is 0. The van der Waals surface area contributed by atoms with E-state index in [-0.39, 0.29) is 11.1 Å². The third-order valence-electron chi connectivity index (χ3n) is 10.1. The minimum atomic E-state index is -4.39. The Hall–Kier alpha value is -5.26. The second-order valence-electron chi connectivity index (χ2n) is 14.2. The number of hydrogen-bond donors (Lipinski definition) is 2. The van der Waals surface area contributed by atoms with E-state index >= 15 is 0 Å². The molecule has 8 rings (SSSR count). The van der Waals surface area contributed by atoms with Gasteiger partial charge in [-0.1, -0.05) is 146 Å². The Morgan fingerprint density at radius 2 is 1.21 bits per heavy atom. The van der Waals surface area contributed by atoms with Crippen molar-refractivity contribution < 1.29 is 36.2 Å². The molecule has 2 aliphatic heterocycles. The highest BCUT2D eigenvalue weighted by Gasteiger charge is 2.34. The van der Waals surface area contributed by atoms with Crippen molar-refractivity contribution in [3.63, 3.8) is 0 Å². The maximum Gasteiger partial charge on any atom is 0.417 e. The van der Waals surface area contributed by atoms with Crippen LogP contribution in [0.4, 0.5) is 26.3 Å². The highest BCUT2D eigenvalue weighted by molar-refractivity contribution is 5.70. The molecule has 1 fully saturated rings. The monoisotopic (exact) mass is 796 g/mol. The average molecular weight is 797 g/mol. The van der Waals surface area contributed by atoms with E-state index in [4.69, 9.17) is 4.74 Å². The number of nitrogens with one attached hydrogen (secondary N) is 1. The van der Waals surface area contributed by atoms with Gasteiger partial charge in [0.15, 0.2) is 0 Å². The zero-order chi connectivity index (χ0) is 41.1. The van der Waals surface area contributed by atoms with Gasteiger partial charge in [-0.3, -0.25) is 4.90 Å². The summed E-state index contributed by atoms with van der Waals surface area (Å²) in [6.07, 6.45) is -8.03. The van der Waals surface area contributed by atoms with Crippen LogP contribution in [0, 0.1) is 0 Å². The largest absolute Gasteiger partial charge is 0.417 e. The first-order chi connectivity index (χ1) is 27.9. The van der Waals surface area contributed by atoms with E-state index in [9.17, 15) is 31.4 Å². The minimum Gasteiger partial charge on any atom is -0.387 e. The molecule has 0 amide bonds. The number of alkyl halides is 6. The highest BCUT2D eigenvalue weighted by atomic mass is 19.4. The van der Waals surface area contributed by atoms with Crippen LogP contribution in [0.5, 0.6) is 0 Å². The van der Waals surface area contributed by atoms with Gasteiger partial charge in [0.05, 0.1) is 23.8 Å². The maximum atomic E-state index is 13.3. The van der Waals surface area contributed by atoms with E-state index in [1.807, 2.05) is 79.7 Å². The van der Waals surface area contributed by atoms with Crippen LogP contribution in [0.25, 0.3) is 22.3 Å². The number of hydrogen-bond acceptors (Lipinski definition) is 4. The minimum absolute atomic E-state index is 0.179. The smallest absolute Gasteiger partial charge is 0.387 e. The third kappa shape index (κ3) is 11.7. The van der Waals surface area contributed by atoms with Crippen molar-refractivity contribution in [3.05, 3.63) is 191 Å². The van der Waals surface area contributed by atoms with Crippen LogP contribution < -0.4 is 5.32 Å². The zero-order valence-corrected chi connectivity index (χ0v) is 32.1. The molecule has 2 unspecified atom stereocenters. The highest BCUT2D eigenvalue weighted by Crippen LogP contribution is 2.39. The first-order valence-corrected chi connectivity index (χ1v) is 19.3. The third-order valence-corrected chi connectivity index (χ3v) is 10.1. The number of rotatable bonds is 9. The fourth-order valence-electron chi connectivity index (χ4n) is 6.90. The molecule has 6 aromatic carbocycles. The number of halogens is 6. The fourth-order valence-corrected chi connectivity index (χ4v) is 6.90. The zero-order valence-electron chi connectivity index (χ0n) is 32.1. The van der Waals surface area contributed by atoms with Crippen LogP contribution in [-0.2, 0) is 36.6 Å². The van der Waals surface area contributed by atoms with Gasteiger partial charge in [0.1, 0.15) is 6.10 Å². The van der Waals surface area contributed by atoms with Crippen molar-refractivity contribution in [2.45, 2.75) is 51.0 Å². The molecule has 6 aromatic rings. The van der Waals surface area contributed by atoms with Crippen LogP contribution in [-0.4, -0.2) is 36.2 Å². The van der Waals surface area contributed by atoms with Crippen molar-refractivity contribution in [1.29, 1.82) is 0 Å².